The molecule has 0 heterocycles. The number of halogens is 1. The Kier molecular flexibility index (Phi) is 6.50. The Morgan fingerprint density at radius 3 is 2.21 bits per heavy atom. The Morgan fingerprint density at radius 1 is 1.11 bits per heavy atom. The van der Waals surface area contributed by atoms with Gasteiger partial charge in [-0.2, -0.15) is 0 Å². The highest BCUT2D eigenvalue weighted by Gasteiger charge is 2.17. The second kappa shape index (κ2) is 7.89. The van der Waals surface area contributed by atoms with Crippen LogP contribution in [0.25, 0.3) is 0 Å². The van der Waals surface area contributed by atoms with E-state index in [1.165, 1.54) is 13.2 Å². The Labute approximate surface area is 118 Å². The van der Waals surface area contributed by atoms with Crippen molar-refractivity contribution in [2.45, 2.75) is 26.7 Å². The largest absolute Gasteiger partial charge is 0.493 e. The molecule has 0 aliphatic heterocycles. The molecule has 106 valence electrons. The Bertz CT molecular complexity index is 432. The van der Waals surface area contributed by atoms with Crippen molar-refractivity contribution < 1.29 is 19.0 Å². The Hall–Kier alpha value is -1.42. The minimum Gasteiger partial charge on any atom is -0.493 e. The second-order valence-electron chi connectivity index (χ2n) is 3.97. The number of hydrogen-bond acceptors (Lipinski definition) is 4. The topological polar surface area (TPSA) is 44.8 Å². The molecule has 4 nitrogen and oxygen atoms in total. The van der Waals surface area contributed by atoms with Crippen molar-refractivity contribution in [2.75, 3.05) is 20.3 Å². The molecule has 1 aromatic carbocycles. The van der Waals surface area contributed by atoms with Crippen LogP contribution in [0, 0.1) is 0 Å². The van der Waals surface area contributed by atoms with Gasteiger partial charge in [0.25, 0.3) is 0 Å². The van der Waals surface area contributed by atoms with Crippen LogP contribution in [0.2, 0.25) is 5.02 Å². The van der Waals surface area contributed by atoms with Crippen LogP contribution in [-0.4, -0.2) is 26.3 Å². The number of esters is 1. The first kappa shape index (κ1) is 15.6. The molecule has 0 aliphatic carbocycles. The van der Waals surface area contributed by atoms with E-state index in [4.69, 9.17) is 25.8 Å². The zero-order chi connectivity index (χ0) is 14.3. The van der Waals surface area contributed by atoms with Crippen molar-refractivity contribution >= 4 is 17.6 Å². The summed E-state index contributed by atoms with van der Waals surface area (Å²) in [5.74, 6) is 0.474. The zero-order valence-electron chi connectivity index (χ0n) is 11.5. The molecule has 0 saturated heterocycles. The van der Waals surface area contributed by atoms with E-state index in [0.29, 0.717) is 35.3 Å². The van der Waals surface area contributed by atoms with Gasteiger partial charge in [-0.15, -0.1) is 0 Å². The van der Waals surface area contributed by atoms with E-state index < -0.39 is 5.97 Å². The van der Waals surface area contributed by atoms with Crippen LogP contribution >= 0.6 is 11.6 Å². The average Bonchev–Trinajstić information content (AvgIpc) is 2.43. The zero-order valence-corrected chi connectivity index (χ0v) is 12.3. The van der Waals surface area contributed by atoms with Gasteiger partial charge in [-0.1, -0.05) is 25.4 Å². The number of methoxy groups -OCH3 is 1. The summed E-state index contributed by atoms with van der Waals surface area (Å²) in [5, 5.41) is 0.373. The van der Waals surface area contributed by atoms with Gasteiger partial charge in [-0.3, -0.25) is 0 Å². The molecule has 0 spiro atoms. The predicted molar refractivity (Wildman–Crippen MR) is 74.4 cm³/mol. The van der Waals surface area contributed by atoms with Crippen LogP contribution in [0.1, 0.15) is 37.0 Å². The number of benzene rings is 1. The smallest absolute Gasteiger partial charge is 0.341 e. The number of carbonyl (C=O) groups is 1. The van der Waals surface area contributed by atoms with Gasteiger partial charge in [0.05, 0.1) is 25.3 Å². The van der Waals surface area contributed by atoms with Gasteiger partial charge in [-0.05, 0) is 18.9 Å². The average molecular weight is 287 g/mol. The molecule has 0 atom stereocenters. The molecule has 0 amide bonds. The standard InChI is InChI=1S/C14H19ClO4/c1-4-6-18-12-9-13(19-7-5-2)11(15)8-10(12)14(16)17-3/h8-9H,4-7H2,1-3H3. The van der Waals surface area contributed by atoms with Crippen molar-refractivity contribution in [3.8, 4) is 11.5 Å². The van der Waals surface area contributed by atoms with Crippen molar-refractivity contribution in [3.05, 3.63) is 22.7 Å². The lowest BCUT2D eigenvalue weighted by molar-refractivity contribution is 0.0596. The lowest BCUT2D eigenvalue weighted by Crippen LogP contribution is -2.07. The summed E-state index contributed by atoms with van der Waals surface area (Å²) in [6, 6.07) is 3.16. The molecule has 0 N–H and O–H groups in total. The van der Waals surface area contributed by atoms with E-state index in [2.05, 4.69) is 0 Å². The molecule has 0 aromatic heterocycles. The first-order valence-electron chi connectivity index (χ1n) is 6.31. The van der Waals surface area contributed by atoms with Gasteiger partial charge in [-0.25, -0.2) is 4.79 Å². The van der Waals surface area contributed by atoms with Gasteiger partial charge in [0.1, 0.15) is 17.1 Å². The van der Waals surface area contributed by atoms with Gasteiger partial charge in [0.15, 0.2) is 0 Å². The van der Waals surface area contributed by atoms with Gasteiger partial charge in [0, 0.05) is 6.07 Å². The van der Waals surface area contributed by atoms with Crippen LogP contribution in [0.15, 0.2) is 12.1 Å². The van der Waals surface area contributed by atoms with Crippen LogP contribution in [-0.2, 0) is 4.74 Å². The molecular formula is C14H19ClO4. The number of rotatable bonds is 7. The Balaban J connectivity index is 3.08. The van der Waals surface area contributed by atoms with Crippen molar-refractivity contribution in [2.24, 2.45) is 0 Å². The van der Waals surface area contributed by atoms with Crippen LogP contribution < -0.4 is 9.47 Å². The van der Waals surface area contributed by atoms with Gasteiger partial charge < -0.3 is 14.2 Å². The summed E-state index contributed by atoms with van der Waals surface area (Å²) >= 11 is 6.08. The third-order valence-electron chi connectivity index (χ3n) is 2.36. The quantitative estimate of drug-likeness (QED) is 0.717. The maximum atomic E-state index is 11.7. The number of ether oxygens (including phenoxy) is 3. The Morgan fingerprint density at radius 2 is 1.68 bits per heavy atom. The van der Waals surface area contributed by atoms with Gasteiger partial charge in [0.2, 0.25) is 0 Å². The molecular weight excluding hydrogens is 268 g/mol. The van der Waals surface area contributed by atoms with Crippen LogP contribution in [0.4, 0.5) is 0 Å². The van der Waals surface area contributed by atoms with E-state index in [9.17, 15) is 4.79 Å². The van der Waals surface area contributed by atoms with E-state index in [1.54, 1.807) is 6.07 Å². The lowest BCUT2D eigenvalue weighted by Gasteiger charge is -2.13. The van der Waals surface area contributed by atoms with Crippen molar-refractivity contribution in [1.82, 2.24) is 0 Å². The molecule has 0 radical (unpaired) electrons. The van der Waals surface area contributed by atoms with E-state index in [1.807, 2.05) is 13.8 Å². The minimum atomic E-state index is -0.477. The maximum absolute atomic E-state index is 11.7. The first-order valence-corrected chi connectivity index (χ1v) is 6.69. The maximum Gasteiger partial charge on any atom is 0.341 e. The van der Waals surface area contributed by atoms with Crippen LogP contribution in [0.5, 0.6) is 11.5 Å². The molecule has 0 saturated carbocycles. The molecule has 0 unspecified atom stereocenters. The summed E-state index contributed by atoms with van der Waals surface area (Å²) in [4.78, 5) is 11.7. The number of hydrogen-bond donors (Lipinski definition) is 0. The fraction of sp³-hybridized carbons (Fsp3) is 0.500. The fourth-order valence-electron chi connectivity index (χ4n) is 1.46. The summed E-state index contributed by atoms with van der Waals surface area (Å²) in [7, 11) is 1.32. The van der Waals surface area contributed by atoms with Crippen LogP contribution in [0.3, 0.4) is 0 Å². The minimum absolute atomic E-state index is 0.310. The second-order valence-corrected chi connectivity index (χ2v) is 4.37. The molecule has 0 aliphatic rings. The van der Waals surface area contributed by atoms with E-state index in [0.717, 1.165) is 12.8 Å². The molecule has 5 heteroatoms. The summed E-state index contributed by atoms with van der Waals surface area (Å²) in [6.07, 6.45) is 1.72. The normalized spacial score (nSPS) is 10.1. The molecule has 1 rings (SSSR count). The monoisotopic (exact) mass is 286 g/mol. The first-order chi connectivity index (χ1) is 9.13. The molecule has 19 heavy (non-hydrogen) atoms. The lowest BCUT2D eigenvalue weighted by atomic mass is 10.2. The molecule has 0 bridgehead atoms. The highest BCUT2D eigenvalue weighted by molar-refractivity contribution is 6.32. The number of carbonyl (C=O) groups excluding carboxylic acids is 1. The molecule has 1 aromatic rings. The van der Waals surface area contributed by atoms with E-state index >= 15 is 0 Å². The molecule has 0 fully saturated rings. The summed E-state index contributed by atoms with van der Waals surface area (Å²) < 4.78 is 15.8. The van der Waals surface area contributed by atoms with Crippen molar-refractivity contribution in [3.63, 3.8) is 0 Å². The van der Waals surface area contributed by atoms with Gasteiger partial charge >= 0.3 is 5.97 Å². The fourth-order valence-corrected chi connectivity index (χ4v) is 1.68. The third-order valence-corrected chi connectivity index (χ3v) is 2.66. The SMILES string of the molecule is CCCOc1cc(OCCC)c(C(=O)OC)cc1Cl. The highest BCUT2D eigenvalue weighted by Crippen LogP contribution is 2.33. The summed E-state index contributed by atoms with van der Waals surface area (Å²) in [6.45, 7) is 5.07. The van der Waals surface area contributed by atoms with Crippen molar-refractivity contribution in [1.29, 1.82) is 0 Å². The third kappa shape index (κ3) is 4.31. The summed E-state index contributed by atoms with van der Waals surface area (Å²) in [5.41, 5.74) is 0.310. The predicted octanol–water partition coefficient (Wildman–Crippen LogP) is 3.70. The highest BCUT2D eigenvalue weighted by atomic mass is 35.5. The van der Waals surface area contributed by atoms with E-state index in [-0.39, 0.29) is 0 Å².